The Balaban J connectivity index is 1.34. The Kier molecular flexibility index (Phi) is 8.28. The summed E-state index contributed by atoms with van der Waals surface area (Å²) in [6.07, 6.45) is 3.96. The maximum atomic E-state index is 14.2. The lowest BCUT2D eigenvalue weighted by atomic mass is 9.93. The van der Waals surface area contributed by atoms with Crippen LogP contribution >= 0.6 is 11.6 Å². The van der Waals surface area contributed by atoms with Crippen molar-refractivity contribution in [1.29, 1.82) is 0 Å². The monoisotopic (exact) mass is 563 g/mol. The van der Waals surface area contributed by atoms with Gasteiger partial charge in [-0.3, -0.25) is 4.90 Å². The van der Waals surface area contributed by atoms with Gasteiger partial charge in [-0.05, 0) is 80.8 Å². The molecule has 2 heterocycles. The fourth-order valence-electron chi connectivity index (χ4n) is 5.74. The molecule has 3 fully saturated rings. The molecular formula is C28H35ClFN3O4S. The van der Waals surface area contributed by atoms with Crippen molar-refractivity contribution in [3.05, 3.63) is 64.9 Å². The Bertz CT molecular complexity index is 1260. The summed E-state index contributed by atoms with van der Waals surface area (Å²) in [6, 6.07) is 11.0. The van der Waals surface area contributed by atoms with Crippen molar-refractivity contribution in [3.63, 3.8) is 0 Å². The molecule has 0 aromatic heterocycles. The predicted octanol–water partition coefficient (Wildman–Crippen LogP) is 5.32. The molecule has 7 nitrogen and oxygen atoms in total. The second kappa shape index (κ2) is 11.5. The third-order valence-corrected chi connectivity index (χ3v) is 10.0. The average Bonchev–Trinajstić information content (AvgIpc) is 3.71. The van der Waals surface area contributed by atoms with E-state index in [9.17, 15) is 17.6 Å². The number of piperazine rings is 1. The van der Waals surface area contributed by atoms with E-state index in [2.05, 4.69) is 4.90 Å². The van der Waals surface area contributed by atoms with Gasteiger partial charge in [0.2, 0.25) is 10.0 Å². The number of halogens is 2. The van der Waals surface area contributed by atoms with Crippen molar-refractivity contribution >= 4 is 27.7 Å². The van der Waals surface area contributed by atoms with Crippen LogP contribution in [0, 0.1) is 11.7 Å². The molecule has 0 radical (unpaired) electrons. The molecule has 5 rings (SSSR count). The van der Waals surface area contributed by atoms with Crippen molar-refractivity contribution in [2.45, 2.75) is 62.0 Å². The summed E-state index contributed by atoms with van der Waals surface area (Å²) in [5.41, 5.74) is 0.576. The molecule has 38 heavy (non-hydrogen) atoms. The lowest BCUT2D eigenvalue weighted by Gasteiger charge is -2.42. The molecule has 2 aromatic carbocycles. The molecule has 0 spiro atoms. The second-order valence-corrected chi connectivity index (χ2v) is 13.0. The lowest BCUT2D eigenvalue weighted by Crippen LogP contribution is -2.55. The molecule has 2 aliphatic heterocycles. The maximum Gasteiger partial charge on any atom is 0.410 e. The molecule has 1 amide bonds. The van der Waals surface area contributed by atoms with E-state index in [1.807, 2.05) is 6.92 Å². The molecule has 1 aliphatic carbocycles. The van der Waals surface area contributed by atoms with Crippen LogP contribution in [-0.2, 0) is 14.8 Å². The number of hydrogen-bond donors (Lipinski definition) is 0. The number of sulfonamides is 1. The standard InChI is InChI=1S/C28H35ClFN3O4S/c1-20-17-31(18-21-11-12-21)13-14-32(20)28(34)37-19-25-8-4-10-27(22-5-2-7-24(30)15-22)33(25)38(35,36)26-9-3-6-23(29)16-26/h2-3,5-7,9,15-16,20-21,25,27H,4,8,10-14,17-19H2,1H3/t20-,25-,27+/m1/s1. The Morgan fingerprint density at radius 1 is 1.08 bits per heavy atom. The van der Waals surface area contributed by atoms with Gasteiger partial charge >= 0.3 is 6.09 Å². The molecular weight excluding hydrogens is 529 g/mol. The van der Waals surface area contributed by atoms with E-state index in [-0.39, 0.29) is 17.5 Å². The normalized spacial score (nSPS) is 25.3. The van der Waals surface area contributed by atoms with Crippen LogP contribution < -0.4 is 0 Å². The predicted molar refractivity (Wildman–Crippen MR) is 144 cm³/mol. The Labute approximate surface area is 229 Å². The molecule has 206 valence electrons. The first-order valence-corrected chi connectivity index (χ1v) is 15.2. The van der Waals surface area contributed by atoms with Crippen molar-refractivity contribution in [2.24, 2.45) is 5.92 Å². The van der Waals surface area contributed by atoms with Crippen LogP contribution in [0.2, 0.25) is 5.02 Å². The topological polar surface area (TPSA) is 70.2 Å². The fourth-order valence-corrected chi connectivity index (χ4v) is 7.88. The SMILES string of the molecule is C[C@@H]1CN(CC2CC2)CCN1C(=O)OC[C@H]1CCC[C@@H](c2cccc(F)c2)N1S(=O)(=O)c1cccc(Cl)c1. The van der Waals surface area contributed by atoms with E-state index in [0.29, 0.717) is 30.0 Å². The molecule has 10 heteroatoms. The van der Waals surface area contributed by atoms with Crippen LogP contribution in [0.3, 0.4) is 0 Å². The third-order valence-electron chi connectivity index (χ3n) is 7.85. The van der Waals surface area contributed by atoms with Gasteiger partial charge in [0.05, 0.1) is 17.0 Å². The van der Waals surface area contributed by atoms with Crippen LogP contribution in [0.25, 0.3) is 0 Å². The first-order valence-electron chi connectivity index (χ1n) is 13.4. The van der Waals surface area contributed by atoms with Crippen LogP contribution in [0.1, 0.15) is 50.6 Å². The van der Waals surface area contributed by atoms with E-state index in [0.717, 1.165) is 32.0 Å². The van der Waals surface area contributed by atoms with Gasteiger partial charge in [-0.25, -0.2) is 17.6 Å². The summed E-state index contributed by atoms with van der Waals surface area (Å²) in [4.78, 5) is 17.3. The molecule has 1 saturated carbocycles. The largest absolute Gasteiger partial charge is 0.448 e. The second-order valence-electron chi connectivity index (χ2n) is 10.8. The van der Waals surface area contributed by atoms with Crippen LogP contribution in [0.4, 0.5) is 9.18 Å². The zero-order chi connectivity index (χ0) is 26.9. The van der Waals surface area contributed by atoms with Gasteiger partial charge in [-0.1, -0.05) is 29.8 Å². The highest BCUT2D eigenvalue weighted by Gasteiger charge is 2.42. The van der Waals surface area contributed by atoms with Crippen LogP contribution in [0.15, 0.2) is 53.4 Å². The number of nitrogens with zero attached hydrogens (tertiary/aromatic N) is 3. The molecule has 0 N–H and O–H groups in total. The van der Waals surface area contributed by atoms with E-state index in [1.165, 1.54) is 41.4 Å². The first kappa shape index (κ1) is 27.4. The summed E-state index contributed by atoms with van der Waals surface area (Å²) >= 11 is 6.13. The quantitative estimate of drug-likeness (QED) is 0.456. The Hall–Kier alpha value is -2.20. The van der Waals surface area contributed by atoms with Gasteiger partial charge in [0, 0.05) is 37.2 Å². The number of piperidine rings is 1. The first-order chi connectivity index (χ1) is 18.2. The molecule has 0 unspecified atom stereocenters. The zero-order valence-electron chi connectivity index (χ0n) is 21.6. The highest BCUT2D eigenvalue weighted by Crippen LogP contribution is 2.39. The number of rotatable bonds is 7. The summed E-state index contributed by atoms with van der Waals surface area (Å²) in [5, 5.41) is 0.309. The van der Waals surface area contributed by atoms with E-state index in [1.54, 1.807) is 29.2 Å². The van der Waals surface area contributed by atoms with Crippen molar-refractivity contribution in [3.8, 4) is 0 Å². The van der Waals surface area contributed by atoms with Gasteiger partial charge in [0.25, 0.3) is 0 Å². The minimum absolute atomic E-state index is 0.0210. The number of carbonyl (C=O) groups is 1. The molecule has 2 saturated heterocycles. The minimum Gasteiger partial charge on any atom is -0.448 e. The van der Waals surface area contributed by atoms with Crippen molar-refractivity contribution in [2.75, 3.05) is 32.8 Å². The van der Waals surface area contributed by atoms with Gasteiger partial charge in [0.15, 0.2) is 0 Å². The molecule has 3 aliphatic rings. The minimum atomic E-state index is -4.03. The highest BCUT2D eigenvalue weighted by atomic mass is 35.5. The van der Waals surface area contributed by atoms with Crippen LogP contribution in [0.5, 0.6) is 0 Å². The molecule has 2 aromatic rings. The number of hydrogen-bond acceptors (Lipinski definition) is 5. The number of benzene rings is 2. The van der Waals surface area contributed by atoms with Gasteiger partial charge in [0.1, 0.15) is 12.4 Å². The summed E-state index contributed by atoms with van der Waals surface area (Å²) in [6.45, 7) is 5.26. The van der Waals surface area contributed by atoms with Gasteiger partial charge in [-0.15, -0.1) is 0 Å². The highest BCUT2D eigenvalue weighted by molar-refractivity contribution is 7.89. The fraction of sp³-hybridized carbons (Fsp3) is 0.536. The van der Waals surface area contributed by atoms with E-state index >= 15 is 0 Å². The Morgan fingerprint density at radius 3 is 2.58 bits per heavy atom. The van der Waals surface area contributed by atoms with E-state index < -0.39 is 34.0 Å². The molecule has 3 atom stereocenters. The van der Waals surface area contributed by atoms with Crippen molar-refractivity contribution in [1.82, 2.24) is 14.1 Å². The summed E-state index contributed by atoms with van der Waals surface area (Å²) in [5.74, 6) is 0.372. The number of amides is 1. The van der Waals surface area contributed by atoms with Crippen molar-refractivity contribution < 1.29 is 22.3 Å². The van der Waals surface area contributed by atoms with Gasteiger partial charge in [-0.2, -0.15) is 4.31 Å². The average molecular weight is 564 g/mol. The third kappa shape index (κ3) is 6.17. The zero-order valence-corrected chi connectivity index (χ0v) is 23.2. The van der Waals surface area contributed by atoms with Crippen LogP contribution in [-0.4, -0.2) is 73.5 Å². The number of ether oxygens (including phenoxy) is 1. The summed E-state index contributed by atoms with van der Waals surface area (Å²) < 4.78 is 49.3. The summed E-state index contributed by atoms with van der Waals surface area (Å²) in [7, 11) is -4.03. The Morgan fingerprint density at radius 2 is 1.87 bits per heavy atom. The smallest absolute Gasteiger partial charge is 0.410 e. The lowest BCUT2D eigenvalue weighted by molar-refractivity contribution is 0.0318. The maximum absolute atomic E-state index is 14.2. The molecule has 0 bridgehead atoms. The number of carbonyl (C=O) groups excluding carboxylic acids is 1. The van der Waals surface area contributed by atoms with Gasteiger partial charge < -0.3 is 9.64 Å². The van der Waals surface area contributed by atoms with E-state index in [4.69, 9.17) is 16.3 Å².